The van der Waals surface area contributed by atoms with Gasteiger partial charge in [-0.05, 0) is 44.4 Å². The van der Waals surface area contributed by atoms with Gasteiger partial charge in [-0.3, -0.25) is 9.59 Å². The Morgan fingerprint density at radius 3 is 2.41 bits per heavy atom. The zero-order chi connectivity index (χ0) is 24.6. The van der Waals surface area contributed by atoms with Crippen LogP contribution in [-0.4, -0.2) is 89.7 Å². The lowest BCUT2D eigenvalue weighted by Gasteiger charge is -2.42. The Morgan fingerprint density at radius 2 is 1.88 bits per heavy atom. The molecule has 1 N–H and O–H groups in total. The maximum atomic E-state index is 14.2. The second kappa shape index (κ2) is 9.70. The lowest BCUT2D eigenvalue weighted by atomic mass is 9.85. The van der Waals surface area contributed by atoms with E-state index in [0.29, 0.717) is 51.3 Å². The Labute approximate surface area is 203 Å². The van der Waals surface area contributed by atoms with Crippen molar-refractivity contribution < 1.29 is 28.6 Å². The molecule has 3 saturated heterocycles. The molecule has 3 aliphatic heterocycles. The van der Waals surface area contributed by atoms with Gasteiger partial charge in [-0.25, -0.2) is 9.18 Å². The Bertz CT molecular complexity index is 964. The Balaban J connectivity index is 1.46. The summed E-state index contributed by atoms with van der Waals surface area (Å²) in [6, 6.07) is 4.01. The van der Waals surface area contributed by atoms with E-state index >= 15 is 0 Å². The average Bonchev–Trinajstić information content (AvgIpc) is 3.23. The number of rotatable bonds is 5. The molecule has 1 aromatic rings. The fourth-order valence-electron chi connectivity index (χ4n) is 5.37. The minimum absolute atomic E-state index is 0.000408. The van der Waals surface area contributed by atoms with Gasteiger partial charge in [0.25, 0.3) is 0 Å². The number of carbonyl (C=O) groups is 3. The van der Waals surface area contributed by atoms with Crippen LogP contribution in [0.1, 0.15) is 38.2 Å². The molecular weight excluding hydrogens is 465 g/mol. The molecule has 3 fully saturated rings. The highest BCUT2D eigenvalue weighted by molar-refractivity contribution is 6.30. The van der Waals surface area contributed by atoms with Gasteiger partial charge in [0, 0.05) is 44.6 Å². The number of carboxylic acid groups (broad SMARTS) is 1. The number of amides is 3. The number of hydrogen-bond acceptors (Lipinski definition) is 4. The molecule has 8 nitrogen and oxygen atoms in total. The summed E-state index contributed by atoms with van der Waals surface area (Å²) in [5.41, 5.74) is 0.166. The number of ether oxygens (including phenoxy) is 1. The van der Waals surface area contributed by atoms with E-state index in [1.165, 1.54) is 17.0 Å². The first kappa shape index (κ1) is 24.7. The van der Waals surface area contributed by atoms with Crippen molar-refractivity contribution in [3.8, 4) is 0 Å². The van der Waals surface area contributed by atoms with Gasteiger partial charge in [0.05, 0.1) is 29.7 Å². The van der Waals surface area contributed by atoms with E-state index in [4.69, 9.17) is 16.3 Å². The van der Waals surface area contributed by atoms with E-state index in [1.807, 2.05) is 11.8 Å². The summed E-state index contributed by atoms with van der Waals surface area (Å²) in [4.78, 5) is 42.9. The molecule has 4 rings (SSSR count). The molecule has 0 aromatic heterocycles. The van der Waals surface area contributed by atoms with E-state index in [9.17, 15) is 23.9 Å². The predicted octanol–water partition coefficient (Wildman–Crippen LogP) is 3.05. The summed E-state index contributed by atoms with van der Waals surface area (Å²) >= 11 is 5.84. The number of benzene rings is 1. The van der Waals surface area contributed by atoms with Crippen molar-refractivity contribution in [3.63, 3.8) is 0 Å². The summed E-state index contributed by atoms with van der Waals surface area (Å²) < 4.78 is 19.4. The van der Waals surface area contributed by atoms with Crippen LogP contribution in [0.5, 0.6) is 0 Å². The van der Waals surface area contributed by atoms with Gasteiger partial charge in [-0.1, -0.05) is 17.7 Å². The van der Waals surface area contributed by atoms with Gasteiger partial charge in [0.2, 0.25) is 11.8 Å². The zero-order valence-corrected chi connectivity index (χ0v) is 20.3. The smallest absolute Gasteiger partial charge is 0.407 e. The van der Waals surface area contributed by atoms with Crippen LogP contribution < -0.4 is 0 Å². The average molecular weight is 496 g/mol. The van der Waals surface area contributed by atoms with Crippen LogP contribution in [0.3, 0.4) is 0 Å². The monoisotopic (exact) mass is 495 g/mol. The first-order valence-electron chi connectivity index (χ1n) is 11.7. The van der Waals surface area contributed by atoms with Gasteiger partial charge in [-0.15, -0.1) is 0 Å². The first-order valence-corrected chi connectivity index (χ1v) is 12.1. The number of likely N-dealkylation sites (tertiary alicyclic amines) is 2. The first-order chi connectivity index (χ1) is 16.1. The molecule has 0 radical (unpaired) electrons. The molecule has 10 heteroatoms. The minimum atomic E-state index is -1.07. The van der Waals surface area contributed by atoms with E-state index in [1.54, 1.807) is 17.9 Å². The number of carbonyl (C=O) groups excluding carboxylic acids is 2. The molecule has 3 aliphatic rings. The minimum Gasteiger partial charge on any atom is -0.465 e. The third kappa shape index (κ3) is 4.60. The van der Waals surface area contributed by atoms with Crippen molar-refractivity contribution >= 4 is 29.5 Å². The summed E-state index contributed by atoms with van der Waals surface area (Å²) in [7, 11) is 0. The molecule has 0 aliphatic carbocycles. The van der Waals surface area contributed by atoms with Crippen molar-refractivity contribution in [1.29, 1.82) is 0 Å². The third-order valence-electron chi connectivity index (χ3n) is 7.45. The van der Waals surface area contributed by atoms with Gasteiger partial charge >= 0.3 is 6.09 Å². The van der Waals surface area contributed by atoms with Crippen molar-refractivity contribution in [2.45, 2.75) is 38.6 Å². The standard InChI is InChI=1S/C24H31ClFN3O5/c1-3-29(23(32)33)20-12-28(11-17(20)16-4-5-18(25)19(26)10-16)21(30)15-6-8-27(9-7-15)22(31)24(2)13-34-14-24/h4-5,10,15,17,20H,3,6-9,11-14H2,1-2H3,(H,32,33)/t17-,20+/m0/s1. The zero-order valence-electron chi connectivity index (χ0n) is 19.5. The fraction of sp³-hybridized carbons (Fsp3) is 0.625. The Morgan fingerprint density at radius 1 is 1.21 bits per heavy atom. The number of likely N-dealkylation sites (N-methyl/N-ethyl adjacent to an activating group) is 1. The highest BCUT2D eigenvalue weighted by Crippen LogP contribution is 2.35. The largest absolute Gasteiger partial charge is 0.465 e. The fourth-order valence-corrected chi connectivity index (χ4v) is 5.48. The van der Waals surface area contributed by atoms with Crippen LogP contribution in [0.25, 0.3) is 0 Å². The van der Waals surface area contributed by atoms with Crippen molar-refractivity contribution in [1.82, 2.24) is 14.7 Å². The SMILES string of the molecule is CCN(C(=O)O)[C@@H]1CN(C(=O)C2CCN(C(=O)C3(C)COC3)CC2)C[C@H]1c1ccc(Cl)c(F)c1. The van der Waals surface area contributed by atoms with Crippen LogP contribution >= 0.6 is 11.6 Å². The Hall–Kier alpha value is -2.39. The molecule has 3 heterocycles. The van der Waals surface area contributed by atoms with Crippen LogP contribution in [-0.2, 0) is 14.3 Å². The van der Waals surface area contributed by atoms with E-state index in [2.05, 4.69) is 0 Å². The van der Waals surface area contributed by atoms with E-state index in [-0.39, 0.29) is 41.8 Å². The summed E-state index contributed by atoms with van der Waals surface area (Å²) in [5.74, 6) is -1.10. The summed E-state index contributed by atoms with van der Waals surface area (Å²) in [6.07, 6.45) is 0.0695. The predicted molar refractivity (Wildman–Crippen MR) is 123 cm³/mol. The number of nitrogens with zero attached hydrogens (tertiary/aromatic N) is 3. The molecule has 0 spiro atoms. The van der Waals surface area contributed by atoms with Crippen molar-refractivity contribution in [2.75, 3.05) is 45.9 Å². The van der Waals surface area contributed by atoms with Crippen LogP contribution in [0.4, 0.5) is 9.18 Å². The molecule has 1 aromatic carbocycles. The summed E-state index contributed by atoms with van der Waals surface area (Å²) in [6.45, 7) is 6.38. The van der Waals surface area contributed by atoms with Gasteiger partial charge in [-0.2, -0.15) is 0 Å². The summed E-state index contributed by atoms with van der Waals surface area (Å²) in [5, 5.41) is 9.72. The highest BCUT2D eigenvalue weighted by Gasteiger charge is 2.46. The molecule has 186 valence electrons. The second-order valence-corrected chi connectivity index (χ2v) is 10.2. The molecule has 0 saturated carbocycles. The second-order valence-electron chi connectivity index (χ2n) is 9.78. The molecule has 34 heavy (non-hydrogen) atoms. The van der Waals surface area contributed by atoms with Gasteiger partial charge < -0.3 is 24.5 Å². The van der Waals surface area contributed by atoms with Crippen LogP contribution in [0.2, 0.25) is 5.02 Å². The van der Waals surface area contributed by atoms with E-state index < -0.39 is 23.4 Å². The van der Waals surface area contributed by atoms with Gasteiger partial charge in [0.15, 0.2) is 0 Å². The normalized spacial score (nSPS) is 24.6. The molecule has 3 amide bonds. The maximum Gasteiger partial charge on any atom is 0.407 e. The van der Waals surface area contributed by atoms with Crippen LogP contribution in [0.15, 0.2) is 18.2 Å². The maximum absolute atomic E-state index is 14.2. The topological polar surface area (TPSA) is 90.4 Å². The molecular formula is C24H31ClFN3O5. The van der Waals surface area contributed by atoms with Crippen molar-refractivity contribution in [3.05, 3.63) is 34.6 Å². The number of hydrogen-bond donors (Lipinski definition) is 1. The molecule has 2 atom stereocenters. The lowest BCUT2D eigenvalue weighted by Crippen LogP contribution is -2.55. The molecule has 0 bridgehead atoms. The Kier molecular flexibility index (Phi) is 7.05. The number of halogens is 2. The lowest BCUT2D eigenvalue weighted by molar-refractivity contribution is -0.170. The highest BCUT2D eigenvalue weighted by atomic mass is 35.5. The third-order valence-corrected chi connectivity index (χ3v) is 7.75. The quantitative estimate of drug-likeness (QED) is 0.678. The van der Waals surface area contributed by atoms with Crippen LogP contribution in [0, 0.1) is 17.2 Å². The van der Waals surface area contributed by atoms with Crippen molar-refractivity contribution in [2.24, 2.45) is 11.3 Å². The van der Waals surface area contributed by atoms with Gasteiger partial charge in [0.1, 0.15) is 5.82 Å². The number of piperidine rings is 1. The molecule has 0 unspecified atom stereocenters. The van der Waals surface area contributed by atoms with E-state index in [0.717, 1.165) is 0 Å².